The molecule has 1 saturated heterocycles. The normalized spacial score (nSPS) is 16.0. The molecule has 7 heteroatoms. The molecule has 7 nitrogen and oxygen atoms in total. The van der Waals surface area contributed by atoms with Crippen molar-refractivity contribution in [1.29, 1.82) is 0 Å². The van der Waals surface area contributed by atoms with E-state index in [-0.39, 0.29) is 17.1 Å². The fraction of sp³-hybridized carbons (Fsp3) is 0.538. The molecule has 20 heavy (non-hydrogen) atoms. The fourth-order valence-electron chi connectivity index (χ4n) is 2.35. The summed E-state index contributed by atoms with van der Waals surface area (Å²) in [5, 5.41) is 11.3. The lowest BCUT2D eigenvalue weighted by Gasteiger charge is -2.30. The smallest absolute Gasteiger partial charge is 0.345 e. The monoisotopic (exact) mass is 279 g/mol. The Bertz CT molecular complexity index is 524. The number of anilines is 1. The van der Waals surface area contributed by atoms with Crippen molar-refractivity contribution >= 4 is 17.5 Å². The van der Waals surface area contributed by atoms with E-state index in [1.165, 1.54) is 19.4 Å². The Morgan fingerprint density at radius 3 is 2.70 bits per heavy atom. The second kappa shape index (κ2) is 5.85. The number of carbonyl (C=O) groups is 1. The van der Waals surface area contributed by atoms with E-state index in [0.717, 1.165) is 12.8 Å². The summed E-state index contributed by atoms with van der Waals surface area (Å²) < 4.78 is 4.60. The molecule has 1 aliphatic rings. The summed E-state index contributed by atoms with van der Waals surface area (Å²) in [5.41, 5.74) is -0.324. The zero-order valence-corrected chi connectivity index (χ0v) is 11.5. The van der Waals surface area contributed by atoms with Crippen LogP contribution in [0.25, 0.3) is 0 Å². The number of methoxy groups -OCH3 is 1. The zero-order valence-electron chi connectivity index (χ0n) is 11.5. The van der Waals surface area contributed by atoms with Gasteiger partial charge in [0.1, 0.15) is 5.56 Å². The number of hydrogen-bond donors (Lipinski definition) is 0. The first-order valence-corrected chi connectivity index (χ1v) is 6.51. The minimum Gasteiger partial charge on any atom is -0.465 e. The molecule has 2 heterocycles. The molecule has 108 valence electrons. The Labute approximate surface area is 116 Å². The Morgan fingerprint density at radius 1 is 1.50 bits per heavy atom. The average Bonchev–Trinajstić information content (AvgIpc) is 2.46. The Hall–Kier alpha value is -2.18. The van der Waals surface area contributed by atoms with Gasteiger partial charge in [-0.15, -0.1) is 0 Å². The molecule has 0 spiro atoms. The highest BCUT2D eigenvalue weighted by molar-refractivity contribution is 5.96. The lowest BCUT2D eigenvalue weighted by Crippen LogP contribution is -2.34. The number of esters is 1. The maximum absolute atomic E-state index is 11.7. The zero-order chi connectivity index (χ0) is 14.7. The molecule has 0 radical (unpaired) electrons. The highest BCUT2D eigenvalue weighted by Crippen LogP contribution is 2.32. The van der Waals surface area contributed by atoms with Crippen LogP contribution in [0.15, 0.2) is 12.3 Å². The summed E-state index contributed by atoms with van der Waals surface area (Å²) in [7, 11) is 1.20. The van der Waals surface area contributed by atoms with Crippen LogP contribution in [-0.2, 0) is 4.74 Å². The van der Waals surface area contributed by atoms with E-state index in [1.807, 2.05) is 4.90 Å². The van der Waals surface area contributed by atoms with Gasteiger partial charge in [0.25, 0.3) is 0 Å². The van der Waals surface area contributed by atoms with Gasteiger partial charge in [0, 0.05) is 19.3 Å². The van der Waals surface area contributed by atoms with Gasteiger partial charge < -0.3 is 9.64 Å². The summed E-state index contributed by atoms with van der Waals surface area (Å²) in [4.78, 5) is 28.4. The summed E-state index contributed by atoms with van der Waals surface area (Å²) in [5.74, 6) is 0.143. The molecule has 1 fully saturated rings. The van der Waals surface area contributed by atoms with Gasteiger partial charge >= 0.3 is 11.7 Å². The van der Waals surface area contributed by atoms with Crippen molar-refractivity contribution in [2.75, 3.05) is 25.1 Å². The third kappa shape index (κ3) is 2.71. The molecule has 0 aliphatic carbocycles. The molecule has 1 aromatic heterocycles. The highest BCUT2D eigenvalue weighted by atomic mass is 16.6. The summed E-state index contributed by atoms with van der Waals surface area (Å²) in [6.45, 7) is 3.57. The van der Waals surface area contributed by atoms with Crippen LogP contribution in [0.4, 0.5) is 11.5 Å². The van der Waals surface area contributed by atoms with Crippen LogP contribution < -0.4 is 4.90 Å². The number of hydrogen-bond acceptors (Lipinski definition) is 6. The second-order valence-corrected chi connectivity index (χ2v) is 4.95. The third-order valence-electron chi connectivity index (χ3n) is 3.58. The van der Waals surface area contributed by atoms with Crippen molar-refractivity contribution in [2.24, 2.45) is 5.92 Å². The largest absolute Gasteiger partial charge is 0.465 e. The van der Waals surface area contributed by atoms with Gasteiger partial charge in [0.2, 0.25) is 5.82 Å². The second-order valence-electron chi connectivity index (χ2n) is 4.95. The minimum absolute atomic E-state index is 0.0545. The molecule has 0 bridgehead atoms. The number of pyridine rings is 1. The van der Waals surface area contributed by atoms with Crippen molar-refractivity contribution in [3.63, 3.8) is 0 Å². The van der Waals surface area contributed by atoms with E-state index < -0.39 is 10.9 Å². The molecule has 1 aromatic rings. The van der Waals surface area contributed by atoms with Crippen molar-refractivity contribution in [3.05, 3.63) is 27.9 Å². The molecule has 0 atom stereocenters. The maximum Gasteiger partial charge on any atom is 0.345 e. The SMILES string of the molecule is COC(=O)c1ccnc(N2CCC(C)CC2)c1[N+](=O)[O-]. The third-order valence-corrected chi connectivity index (χ3v) is 3.58. The minimum atomic E-state index is -0.717. The van der Waals surface area contributed by atoms with Crippen molar-refractivity contribution < 1.29 is 14.5 Å². The summed E-state index contributed by atoms with van der Waals surface area (Å²) in [6.07, 6.45) is 3.33. The lowest BCUT2D eigenvalue weighted by atomic mass is 9.99. The van der Waals surface area contributed by atoms with Crippen LogP contribution in [-0.4, -0.2) is 36.1 Å². The van der Waals surface area contributed by atoms with E-state index in [4.69, 9.17) is 0 Å². The van der Waals surface area contributed by atoms with Gasteiger partial charge in [-0.2, -0.15) is 0 Å². The summed E-state index contributed by atoms with van der Waals surface area (Å²) in [6, 6.07) is 1.32. The van der Waals surface area contributed by atoms with Crippen LogP contribution in [0, 0.1) is 16.0 Å². The van der Waals surface area contributed by atoms with E-state index in [9.17, 15) is 14.9 Å². The number of nitrogens with zero attached hydrogens (tertiary/aromatic N) is 3. The molecular weight excluding hydrogens is 262 g/mol. The first-order chi connectivity index (χ1) is 9.54. The Kier molecular flexibility index (Phi) is 4.16. The fourth-order valence-corrected chi connectivity index (χ4v) is 2.35. The van der Waals surface area contributed by atoms with E-state index in [0.29, 0.717) is 19.0 Å². The Balaban J connectivity index is 2.42. The molecule has 0 aromatic carbocycles. The van der Waals surface area contributed by atoms with Gasteiger partial charge in [-0.05, 0) is 24.8 Å². The average molecular weight is 279 g/mol. The topological polar surface area (TPSA) is 85.6 Å². The molecular formula is C13H17N3O4. The van der Waals surface area contributed by atoms with Crippen LogP contribution >= 0.6 is 0 Å². The molecule has 0 saturated carbocycles. The number of carbonyl (C=O) groups excluding carboxylic acids is 1. The van der Waals surface area contributed by atoms with Crippen LogP contribution in [0.5, 0.6) is 0 Å². The van der Waals surface area contributed by atoms with Crippen LogP contribution in [0.1, 0.15) is 30.1 Å². The molecule has 0 N–H and O–H groups in total. The molecule has 0 unspecified atom stereocenters. The van der Waals surface area contributed by atoms with Gasteiger partial charge in [0.15, 0.2) is 0 Å². The predicted molar refractivity (Wildman–Crippen MR) is 72.8 cm³/mol. The van der Waals surface area contributed by atoms with Crippen LogP contribution in [0.3, 0.4) is 0 Å². The van der Waals surface area contributed by atoms with Gasteiger partial charge in [-0.3, -0.25) is 10.1 Å². The van der Waals surface area contributed by atoms with E-state index in [2.05, 4.69) is 16.6 Å². The Morgan fingerprint density at radius 2 is 2.15 bits per heavy atom. The van der Waals surface area contributed by atoms with E-state index >= 15 is 0 Å². The van der Waals surface area contributed by atoms with Gasteiger partial charge in [-0.25, -0.2) is 9.78 Å². The highest BCUT2D eigenvalue weighted by Gasteiger charge is 2.30. The summed E-state index contributed by atoms with van der Waals surface area (Å²) >= 11 is 0. The maximum atomic E-state index is 11.7. The lowest BCUT2D eigenvalue weighted by molar-refractivity contribution is -0.384. The number of ether oxygens (including phenoxy) is 1. The number of piperidine rings is 1. The van der Waals surface area contributed by atoms with Crippen molar-refractivity contribution in [1.82, 2.24) is 4.98 Å². The van der Waals surface area contributed by atoms with Crippen molar-refractivity contribution in [2.45, 2.75) is 19.8 Å². The number of aromatic nitrogens is 1. The van der Waals surface area contributed by atoms with Gasteiger partial charge in [0.05, 0.1) is 12.0 Å². The van der Waals surface area contributed by atoms with Crippen LogP contribution in [0.2, 0.25) is 0 Å². The molecule has 0 amide bonds. The first kappa shape index (κ1) is 14.2. The van der Waals surface area contributed by atoms with Gasteiger partial charge in [-0.1, -0.05) is 6.92 Å². The van der Waals surface area contributed by atoms with E-state index in [1.54, 1.807) is 0 Å². The van der Waals surface area contributed by atoms with Crippen molar-refractivity contribution in [3.8, 4) is 0 Å². The molecule has 2 rings (SSSR count). The molecule has 1 aliphatic heterocycles. The number of rotatable bonds is 3. The quantitative estimate of drug-likeness (QED) is 0.478. The standard InChI is InChI=1S/C13H17N3O4/c1-9-4-7-15(8-5-9)12-11(16(18)19)10(3-6-14-12)13(17)20-2/h3,6,9H,4-5,7-8H2,1-2H3. The predicted octanol–water partition coefficient (Wildman–Crippen LogP) is 2.01. The number of nitro groups is 1. The first-order valence-electron chi connectivity index (χ1n) is 6.51.